The average Bonchev–Trinajstić information content (AvgIpc) is 3.46. The quantitative estimate of drug-likeness (QED) is 0.474. The van der Waals surface area contributed by atoms with Crippen LogP contribution in [0, 0.1) is 5.92 Å². The molecule has 7 nitrogen and oxygen atoms in total. The van der Waals surface area contributed by atoms with E-state index in [0.29, 0.717) is 44.0 Å². The summed E-state index contributed by atoms with van der Waals surface area (Å²) in [6, 6.07) is 14.2. The highest BCUT2D eigenvalue weighted by Crippen LogP contribution is 2.31. The second-order valence-electron chi connectivity index (χ2n) is 11.4. The van der Waals surface area contributed by atoms with Crippen molar-refractivity contribution in [2.45, 2.75) is 59.4 Å². The minimum Gasteiger partial charge on any atom is -0.493 e. The molecule has 0 N–H and O–H groups in total. The minimum absolute atomic E-state index is 0.0235. The maximum Gasteiger partial charge on any atom is 0.258 e. The number of carbonyl (C=O) groups is 2. The number of nitrogens with zero attached hydrogens (tertiary/aromatic N) is 4. The Morgan fingerprint density at radius 3 is 2.44 bits per heavy atom. The fourth-order valence-corrected chi connectivity index (χ4v) is 5.47. The van der Waals surface area contributed by atoms with Crippen molar-refractivity contribution in [2.24, 2.45) is 5.92 Å². The topological polar surface area (TPSA) is 56.3 Å². The van der Waals surface area contributed by atoms with E-state index in [9.17, 15) is 9.59 Å². The van der Waals surface area contributed by atoms with E-state index in [1.165, 1.54) is 12.8 Å². The molecule has 2 aliphatic rings. The van der Waals surface area contributed by atoms with E-state index in [0.717, 1.165) is 56.0 Å². The number of rotatable bonds is 7. The second-order valence-corrected chi connectivity index (χ2v) is 11.4. The maximum absolute atomic E-state index is 14.3. The SMILES string of the molecule is CCCOc1ccc(N2CCCC2)cc1C(=O)N1CCN(C)CCCN(C(=O)CC(C)C)c2ccccc2C1. The largest absolute Gasteiger partial charge is 0.493 e. The fraction of sp³-hybridized carbons (Fsp3) is 0.562. The van der Waals surface area contributed by atoms with Crippen LogP contribution in [0.5, 0.6) is 5.75 Å². The molecule has 2 aromatic rings. The van der Waals surface area contributed by atoms with Gasteiger partial charge in [-0.1, -0.05) is 39.0 Å². The molecule has 0 radical (unpaired) electrons. The summed E-state index contributed by atoms with van der Waals surface area (Å²) in [6.45, 7) is 12.2. The van der Waals surface area contributed by atoms with Gasteiger partial charge in [0, 0.05) is 57.1 Å². The highest BCUT2D eigenvalue weighted by molar-refractivity contribution is 5.98. The van der Waals surface area contributed by atoms with Crippen molar-refractivity contribution >= 4 is 23.2 Å². The predicted octanol–water partition coefficient (Wildman–Crippen LogP) is 5.43. The lowest BCUT2D eigenvalue weighted by atomic mass is 10.1. The molecule has 0 atom stereocenters. The van der Waals surface area contributed by atoms with Crippen molar-refractivity contribution < 1.29 is 14.3 Å². The summed E-state index contributed by atoms with van der Waals surface area (Å²) in [7, 11) is 2.09. The third kappa shape index (κ3) is 7.53. The Kier molecular flexibility index (Phi) is 10.3. The van der Waals surface area contributed by atoms with E-state index in [4.69, 9.17) is 4.74 Å². The van der Waals surface area contributed by atoms with Crippen molar-refractivity contribution in [2.75, 3.05) is 62.7 Å². The van der Waals surface area contributed by atoms with Crippen LogP contribution in [0.2, 0.25) is 0 Å². The zero-order chi connectivity index (χ0) is 27.8. The standard InChI is InChI=1S/C32H46N4O3/c1-5-21-39-30-14-13-27(34-16-8-9-17-34)23-28(30)32(38)35-20-19-33(4)15-10-18-36(31(37)22-25(2)3)29-12-7-6-11-26(29)24-35/h6-7,11-14,23,25H,5,8-10,15-22,24H2,1-4H3. The Bertz CT molecular complexity index is 1110. The van der Waals surface area contributed by atoms with Gasteiger partial charge in [-0.3, -0.25) is 9.59 Å². The summed E-state index contributed by atoms with van der Waals surface area (Å²) in [5, 5.41) is 0. The summed E-state index contributed by atoms with van der Waals surface area (Å²) in [5.41, 5.74) is 3.62. The van der Waals surface area contributed by atoms with Gasteiger partial charge in [-0.05, 0) is 75.0 Å². The first kappa shape index (κ1) is 28.9. The molecular weight excluding hydrogens is 488 g/mol. The lowest BCUT2D eigenvalue weighted by molar-refractivity contribution is -0.119. The van der Waals surface area contributed by atoms with Crippen LogP contribution in [0.1, 0.15) is 68.8 Å². The molecule has 39 heavy (non-hydrogen) atoms. The van der Waals surface area contributed by atoms with E-state index in [-0.39, 0.29) is 17.7 Å². The molecule has 1 saturated heterocycles. The van der Waals surface area contributed by atoms with Crippen molar-refractivity contribution in [3.8, 4) is 5.75 Å². The van der Waals surface area contributed by atoms with Crippen LogP contribution in [-0.2, 0) is 11.3 Å². The van der Waals surface area contributed by atoms with Crippen LogP contribution in [0.4, 0.5) is 11.4 Å². The molecule has 0 saturated carbocycles. The Labute approximate surface area is 234 Å². The van der Waals surface area contributed by atoms with Gasteiger partial charge >= 0.3 is 0 Å². The molecule has 4 rings (SSSR count). The molecule has 7 heteroatoms. The highest BCUT2D eigenvalue weighted by Gasteiger charge is 2.26. The van der Waals surface area contributed by atoms with Crippen molar-refractivity contribution in [1.82, 2.24) is 9.80 Å². The number of anilines is 2. The number of likely N-dealkylation sites (N-methyl/N-ethyl adjacent to an activating group) is 1. The van der Waals surface area contributed by atoms with Crippen LogP contribution < -0.4 is 14.5 Å². The molecule has 2 aromatic carbocycles. The maximum atomic E-state index is 14.3. The first-order valence-corrected chi connectivity index (χ1v) is 14.7. The van der Waals surface area contributed by atoms with E-state index in [1.807, 2.05) is 40.1 Å². The Morgan fingerprint density at radius 1 is 0.923 bits per heavy atom. The Hall–Kier alpha value is -3.06. The summed E-state index contributed by atoms with van der Waals surface area (Å²) in [4.78, 5) is 36.2. The van der Waals surface area contributed by atoms with Gasteiger partial charge in [-0.25, -0.2) is 0 Å². The second kappa shape index (κ2) is 13.8. The predicted molar refractivity (Wildman–Crippen MR) is 159 cm³/mol. The number of hydrogen-bond acceptors (Lipinski definition) is 5. The molecule has 0 spiro atoms. The molecule has 2 heterocycles. The highest BCUT2D eigenvalue weighted by atomic mass is 16.5. The zero-order valence-electron chi connectivity index (χ0n) is 24.3. The van der Waals surface area contributed by atoms with Crippen LogP contribution in [0.15, 0.2) is 42.5 Å². The lowest BCUT2D eigenvalue weighted by Gasteiger charge is -2.29. The third-order valence-corrected chi connectivity index (χ3v) is 7.61. The summed E-state index contributed by atoms with van der Waals surface area (Å²) < 4.78 is 6.08. The lowest BCUT2D eigenvalue weighted by Crippen LogP contribution is -2.37. The van der Waals surface area contributed by atoms with Crippen LogP contribution in [0.3, 0.4) is 0 Å². The number of para-hydroxylation sites is 1. The number of ether oxygens (including phenoxy) is 1. The smallest absolute Gasteiger partial charge is 0.258 e. The molecule has 0 bridgehead atoms. The molecule has 0 unspecified atom stereocenters. The molecule has 0 aromatic heterocycles. The van der Waals surface area contributed by atoms with Crippen molar-refractivity contribution in [1.29, 1.82) is 0 Å². The summed E-state index contributed by atoms with van der Waals surface area (Å²) in [5.74, 6) is 1.05. The molecular formula is C32H46N4O3. The van der Waals surface area contributed by atoms with E-state index >= 15 is 0 Å². The van der Waals surface area contributed by atoms with Gasteiger partial charge in [-0.15, -0.1) is 0 Å². The molecule has 0 aliphatic carbocycles. The van der Waals surface area contributed by atoms with Crippen molar-refractivity contribution in [3.05, 3.63) is 53.6 Å². The van der Waals surface area contributed by atoms with E-state index < -0.39 is 0 Å². The summed E-state index contributed by atoms with van der Waals surface area (Å²) in [6.07, 6.45) is 4.63. The first-order chi connectivity index (χ1) is 18.9. The van der Waals surface area contributed by atoms with Crippen molar-refractivity contribution in [3.63, 3.8) is 0 Å². The molecule has 2 amide bonds. The average molecular weight is 535 g/mol. The number of fused-ring (bicyclic) bond motifs is 1. The Morgan fingerprint density at radius 2 is 1.69 bits per heavy atom. The monoisotopic (exact) mass is 534 g/mol. The summed E-state index contributed by atoms with van der Waals surface area (Å²) >= 11 is 0. The van der Waals surface area contributed by atoms with Gasteiger partial charge in [0.25, 0.3) is 5.91 Å². The zero-order valence-corrected chi connectivity index (χ0v) is 24.3. The number of amides is 2. The third-order valence-electron chi connectivity index (χ3n) is 7.61. The van der Waals surface area contributed by atoms with Crippen LogP contribution in [-0.4, -0.2) is 74.5 Å². The normalized spacial score (nSPS) is 17.2. The number of carbonyl (C=O) groups excluding carboxylic acids is 2. The number of hydrogen-bond donors (Lipinski definition) is 0. The van der Waals surface area contributed by atoms with Gasteiger partial charge in [0.1, 0.15) is 5.75 Å². The first-order valence-electron chi connectivity index (χ1n) is 14.7. The molecule has 212 valence electrons. The van der Waals surface area contributed by atoms with Gasteiger partial charge in [0.05, 0.1) is 12.2 Å². The van der Waals surface area contributed by atoms with Gasteiger partial charge in [0.15, 0.2) is 0 Å². The molecule has 2 aliphatic heterocycles. The minimum atomic E-state index is -0.0235. The Balaban J connectivity index is 1.70. The van der Waals surface area contributed by atoms with E-state index in [1.54, 1.807) is 0 Å². The molecule has 1 fully saturated rings. The number of benzene rings is 2. The van der Waals surface area contributed by atoms with Gasteiger partial charge in [-0.2, -0.15) is 0 Å². The van der Waals surface area contributed by atoms with E-state index in [2.05, 4.69) is 49.8 Å². The van der Waals surface area contributed by atoms with Crippen LogP contribution in [0.25, 0.3) is 0 Å². The van der Waals surface area contributed by atoms with Gasteiger partial charge in [0.2, 0.25) is 5.91 Å². The van der Waals surface area contributed by atoms with Gasteiger partial charge < -0.3 is 24.3 Å². The fourth-order valence-electron chi connectivity index (χ4n) is 5.47. The van der Waals surface area contributed by atoms with Crippen LogP contribution >= 0.6 is 0 Å².